The van der Waals surface area contributed by atoms with E-state index in [1.54, 1.807) is 6.20 Å². The number of aromatic nitrogens is 3. The molecule has 7 heteroatoms. The van der Waals surface area contributed by atoms with Gasteiger partial charge in [-0.3, -0.25) is 4.68 Å². The van der Waals surface area contributed by atoms with Crippen LogP contribution in [0, 0.1) is 11.8 Å². The number of anilines is 1. The molecule has 25 heavy (non-hydrogen) atoms. The van der Waals surface area contributed by atoms with Crippen LogP contribution in [0.2, 0.25) is 0 Å². The van der Waals surface area contributed by atoms with E-state index in [4.69, 9.17) is 10.8 Å². The number of rotatable bonds is 5. The minimum atomic E-state index is -2.94. The first-order valence-corrected chi connectivity index (χ1v) is 8.76. The third-order valence-corrected chi connectivity index (χ3v) is 5.40. The number of alkyl halides is 2. The van der Waals surface area contributed by atoms with Gasteiger partial charge < -0.3 is 10.5 Å². The molecule has 3 atom stereocenters. The average Bonchev–Trinajstić information content (AvgIpc) is 2.94. The van der Waals surface area contributed by atoms with E-state index in [9.17, 15) is 8.78 Å². The van der Waals surface area contributed by atoms with Gasteiger partial charge in [-0.25, -0.2) is 4.98 Å². The van der Waals surface area contributed by atoms with Gasteiger partial charge in [0.25, 0.3) is 0 Å². The van der Waals surface area contributed by atoms with Crippen molar-refractivity contribution in [2.45, 2.75) is 51.7 Å². The number of nitrogens with two attached hydrogens (primary N) is 1. The number of nitrogens with zero attached hydrogens (tertiary/aromatic N) is 3. The standard InChI is InChI=1S/C18H22F2N4O/c1-9(2)24-14(16-11-4-3-5-12(11)16)7-13(23-24)10-6-15(25-18(19)20)17(21)22-8-10/h6-9,11-12,16,18H,3-5H2,1-2H3,(H2,21,22)/t11-,12+,16+. The van der Waals surface area contributed by atoms with Crippen molar-refractivity contribution in [2.24, 2.45) is 11.8 Å². The zero-order valence-electron chi connectivity index (χ0n) is 14.3. The Labute approximate surface area is 145 Å². The van der Waals surface area contributed by atoms with E-state index < -0.39 is 6.61 Å². The second-order valence-corrected chi connectivity index (χ2v) is 7.26. The monoisotopic (exact) mass is 348 g/mol. The van der Waals surface area contributed by atoms with Crippen LogP contribution in [0.1, 0.15) is 50.8 Å². The van der Waals surface area contributed by atoms with Gasteiger partial charge in [0, 0.05) is 29.4 Å². The van der Waals surface area contributed by atoms with Gasteiger partial charge in [0.05, 0.1) is 5.69 Å². The Morgan fingerprint density at radius 1 is 1.24 bits per heavy atom. The lowest BCUT2D eigenvalue weighted by Gasteiger charge is -2.12. The Balaban J connectivity index is 1.69. The van der Waals surface area contributed by atoms with Gasteiger partial charge in [-0.2, -0.15) is 13.9 Å². The van der Waals surface area contributed by atoms with Gasteiger partial charge >= 0.3 is 6.61 Å². The second kappa shape index (κ2) is 5.97. The Morgan fingerprint density at radius 3 is 2.60 bits per heavy atom. The normalized spacial score (nSPS) is 24.8. The van der Waals surface area contributed by atoms with E-state index in [-0.39, 0.29) is 17.6 Å². The molecule has 4 rings (SSSR count). The molecule has 2 saturated carbocycles. The van der Waals surface area contributed by atoms with E-state index in [2.05, 4.69) is 34.3 Å². The summed E-state index contributed by atoms with van der Waals surface area (Å²) in [6, 6.07) is 3.80. The minimum Gasteiger partial charge on any atom is -0.431 e. The molecule has 2 fully saturated rings. The zero-order valence-corrected chi connectivity index (χ0v) is 14.3. The Hall–Kier alpha value is -2.18. The molecule has 2 aromatic heterocycles. The molecule has 0 amide bonds. The highest BCUT2D eigenvalue weighted by Gasteiger charge is 2.54. The maximum absolute atomic E-state index is 12.5. The van der Waals surface area contributed by atoms with Crippen molar-refractivity contribution in [3.8, 4) is 17.0 Å². The number of fused-ring (bicyclic) bond motifs is 1. The molecule has 0 unspecified atom stereocenters. The zero-order chi connectivity index (χ0) is 17.7. The first kappa shape index (κ1) is 16.3. The lowest BCUT2D eigenvalue weighted by atomic mass is 10.1. The van der Waals surface area contributed by atoms with Gasteiger partial charge in [0.2, 0.25) is 0 Å². The molecular weight excluding hydrogens is 326 g/mol. The molecule has 0 spiro atoms. The minimum absolute atomic E-state index is 0.0516. The number of hydrogen-bond donors (Lipinski definition) is 1. The van der Waals surface area contributed by atoms with Crippen molar-refractivity contribution < 1.29 is 13.5 Å². The summed E-state index contributed by atoms with van der Waals surface area (Å²) in [5.41, 5.74) is 8.23. The van der Waals surface area contributed by atoms with Crippen LogP contribution in [-0.4, -0.2) is 21.4 Å². The van der Waals surface area contributed by atoms with Crippen molar-refractivity contribution in [1.29, 1.82) is 0 Å². The summed E-state index contributed by atoms with van der Waals surface area (Å²) in [7, 11) is 0. The van der Waals surface area contributed by atoms with Crippen molar-refractivity contribution >= 4 is 5.82 Å². The molecule has 2 aliphatic rings. The fourth-order valence-corrected chi connectivity index (χ4v) is 4.26. The van der Waals surface area contributed by atoms with Crippen LogP contribution in [-0.2, 0) is 0 Å². The summed E-state index contributed by atoms with van der Waals surface area (Å²) in [4.78, 5) is 3.98. The SMILES string of the molecule is CC(C)n1nc(-c2cnc(N)c(OC(F)F)c2)cc1[C@H]1[C@@H]2CCC[C@@H]21. The highest BCUT2D eigenvalue weighted by Crippen LogP contribution is 2.63. The van der Waals surface area contributed by atoms with Gasteiger partial charge in [-0.05, 0) is 50.7 Å². The quantitative estimate of drug-likeness (QED) is 0.878. The highest BCUT2D eigenvalue weighted by atomic mass is 19.3. The Bertz CT molecular complexity index is 779. The smallest absolute Gasteiger partial charge is 0.387 e. The number of nitrogen functional groups attached to an aromatic ring is 1. The Kier molecular flexibility index (Phi) is 3.89. The molecule has 2 aromatic rings. The first-order valence-electron chi connectivity index (χ1n) is 8.76. The molecular formula is C18H22F2N4O. The lowest BCUT2D eigenvalue weighted by molar-refractivity contribution is -0.0494. The van der Waals surface area contributed by atoms with Gasteiger partial charge in [0.15, 0.2) is 11.6 Å². The second-order valence-electron chi connectivity index (χ2n) is 7.26. The first-order chi connectivity index (χ1) is 12.0. The van der Waals surface area contributed by atoms with Crippen molar-refractivity contribution in [3.63, 3.8) is 0 Å². The summed E-state index contributed by atoms with van der Waals surface area (Å²) in [6.45, 7) is 1.27. The van der Waals surface area contributed by atoms with E-state index in [0.29, 0.717) is 11.5 Å². The molecule has 5 nitrogen and oxygen atoms in total. The molecule has 2 N–H and O–H groups in total. The number of pyridine rings is 1. The fraction of sp³-hybridized carbons (Fsp3) is 0.556. The van der Waals surface area contributed by atoms with Crippen LogP contribution in [0.3, 0.4) is 0 Å². The summed E-state index contributed by atoms with van der Waals surface area (Å²) < 4.78 is 31.6. The number of hydrogen-bond acceptors (Lipinski definition) is 4. The van der Waals surface area contributed by atoms with Crippen LogP contribution >= 0.6 is 0 Å². The van der Waals surface area contributed by atoms with Crippen molar-refractivity contribution in [3.05, 3.63) is 24.0 Å². The molecule has 0 bridgehead atoms. The maximum Gasteiger partial charge on any atom is 0.387 e. The largest absolute Gasteiger partial charge is 0.431 e. The summed E-state index contributed by atoms with van der Waals surface area (Å²) in [6.07, 6.45) is 5.47. The molecule has 134 valence electrons. The number of ether oxygens (including phenoxy) is 1. The molecule has 0 aromatic carbocycles. The molecule has 2 heterocycles. The van der Waals surface area contributed by atoms with E-state index >= 15 is 0 Å². The summed E-state index contributed by atoms with van der Waals surface area (Å²) in [5, 5.41) is 4.71. The molecule has 0 aliphatic heterocycles. The maximum atomic E-state index is 12.5. The van der Waals surface area contributed by atoms with Gasteiger partial charge in [-0.1, -0.05) is 6.42 Å². The van der Waals surface area contributed by atoms with Crippen molar-refractivity contribution in [1.82, 2.24) is 14.8 Å². The third kappa shape index (κ3) is 2.85. The van der Waals surface area contributed by atoms with E-state index in [1.165, 1.54) is 31.0 Å². The van der Waals surface area contributed by atoms with Crippen LogP contribution in [0.4, 0.5) is 14.6 Å². The predicted molar refractivity (Wildman–Crippen MR) is 90.5 cm³/mol. The van der Waals surface area contributed by atoms with E-state index in [1.807, 2.05) is 0 Å². The van der Waals surface area contributed by atoms with Crippen LogP contribution in [0.25, 0.3) is 11.3 Å². The molecule has 2 aliphatic carbocycles. The van der Waals surface area contributed by atoms with Gasteiger partial charge in [-0.15, -0.1) is 0 Å². The fourth-order valence-electron chi connectivity index (χ4n) is 4.26. The van der Waals surface area contributed by atoms with Crippen molar-refractivity contribution in [2.75, 3.05) is 5.73 Å². The summed E-state index contributed by atoms with van der Waals surface area (Å²) >= 11 is 0. The predicted octanol–water partition coefficient (Wildman–Crippen LogP) is 4.22. The van der Waals surface area contributed by atoms with E-state index in [0.717, 1.165) is 17.5 Å². The Morgan fingerprint density at radius 2 is 1.96 bits per heavy atom. The summed E-state index contributed by atoms with van der Waals surface area (Å²) in [5.74, 6) is 1.98. The average molecular weight is 348 g/mol. The molecule has 0 saturated heterocycles. The van der Waals surface area contributed by atoms with Crippen LogP contribution < -0.4 is 10.5 Å². The number of halogens is 2. The third-order valence-electron chi connectivity index (χ3n) is 5.40. The van der Waals surface area contributed by atoms with Crippen LogP contribution in [0.15, 0.2) is 18.3 Å². The lowest BCUT2D eigenvalue weighted by Crippen LogP contribution is -2.08. The van der Waals surface area contributed by atoms with Gasteiger partial charge in [0.1, 0.15) is 0 Å². The van der Waals surface area contributed by atoms with Crippen LogP contribution in [0.5, 0.6) is 5.75 Å². The topological polar surface area (TPSA) is 66.0 Å². The highest BCUT2D eigenvalue weighted by molar-refractivity contribution is 5.64. The molecule has 0 radical (unpaired) electrons.